The van der Waals surface area contributed by atoms with E-state index in [1.807, 2.05) is 18.2 Å². The summed E-state index contributed by atoms with van der Waals surface area (Å²) in [5, 5.41) is 0. The summed E-state index contributed by atoms with van der Waals surface area (Å²) in [5.74, 6) is -0.132. The lowest BCUT2D eigenvalue weighted by molar-refractivity contribution is 0.0582. The van der Waals surface area contributed by atoms with Crippen LogP contribution >= 0.6 is 0 Å². The molecule has 0 saturated heterocycles. The van der Waals surface area contributed by atoms with Crippen molar-refractivity contribution < 1.29 is 13.3 Å². The molecule has 2 aromatic carbocycles. The largest absolute Gasteiger partial charge is 0.372 e. The molecule has 1 aliphatic heterocycles. The zero-order chi connectivity index (χ0) is 13.9. The third-order valence-corrected chi connectivity index (χ3v) is 4.90. The Labute approximate surface area is 120 Å². The van der Waals surface area contributed by atoms with E-state index in [9.17, 15) is 8.60 Å². The Balaban J connectivity index is 1.83. The fourth-order valence-corrected chi connectivity index (χ4v) is 3.72. The average molecular weight is 290 g/mol. The third-order valence-electron chi connectivity index (χ3n) is 3.48. The minimum absolute atomic E-state index is 0.222. The summed E-state index contributed by atoms with van der Waals surface area (Å²) in [4.78, 5) is 0.249. The molecule has 2 nitrogen and oxygen atoms in total. The van der Waals surface area contributed by atoms with E-state index in [0.717, 1.165) is 12.0 Å². The predicted molar refractivity (Wildman–Crippen MR) is 76.5 cm³/mol. The Bertz CT molecular complexity index is 642. The number of rotatable bonds is 3. The van der Waals surface area contributed by atoms with Gasteiger partial charge < -0.3 is 4.74 Å². The van der Waals surface area contributed by atoms with Crippen LogP contribution in [0.15, 0.2) is 53.4 Å². The molecule has 0 fully saturated rings. The highest BCUT2D eigenvalue weighted by atomic mass is 32.2. The molecule has 0 radical (unpaired) electrons. The molecule has 0 aromatic heterocycles. The first-order chi connectivity index (χ1) is 9.75. The van der Waals surface area contributed by atoms with E-state index in [4.69, 9.17) is 4.74 Å². The SMILES string of the molecule is O=S(CC1OCCc2ccccc21)c1ccccc1F. The maximum Gasteiger partial charge on any atom is 0.139 e. The second kappa shape index (κ2) is 5.85. The van der Waals surface area contributed by atoms with Gasteiger partial charge in [-0.2, -0.15) is 0 Å². The standard InChI is InChI=1S/C16H15FO2S/c17-14-7-3-4-8-16(14)20(18)11-15-13-6-2-1-5-12(13)9-10-19-15/h1-8,15H,9-11H2. The molecule has 4 heteroatoms. The summed E-state index contributed by atoms with van der Waals surface area (Å²) in [6, 6.07) is 14.2. The van der Waals surface area contributed by atoms with Crippen molar-refractivity contribution in [3.63, 3.8) is 0 Å². The van der Waals surface area contributed by atoms with Gasteiger partial charge >= 0.3 is 0 Å². The molecule has 0 saturated carbocycles. The van der Waals surface area contributed by atoms with Crippen LogP contribution in [0.2, 0.25) is 0 Å². The molecule has 0 aliphatic carbocycles. The van der Waals surface area contributed by atoms with Gasteiger partial charge in [-0.15, -0.1) is 0 Å². The van der Waals surface area contributed by atoms with Crippen LogP contribution in [0.1, 0.15) is 17.2 Å². The average Bonchev–Trinajstić information content (AvgIpc) is 2.48. The van der Waals surface area contributed by atoms with Gasteiger partial charge in [-0.3, -0.25) is 4.21 Å². The molecule has 2 aromatic rings. The van der Waals surface area contributed by atoms with E-state index < -0.39 is 16.6 Å². The minimum Gasteiger partial charge on any atom is -0.372 e. The zero-order valence-electron chi connectivity index (χ0n) is 10.9. The molecule has 104 valence electrons. The van der Waals surface area contributed by atoms with E-state index in [2.05, 4.69) is 6.07 Å². The van der Waals surface area contributed by atoms with Gasteiger partial charge in [0.15, 0.2) is 0 Å². The van der Waals surface area contributed by atoms with Crippen molar-refractivity contribution in [1.29, 1.82) is 0 Å². The Morgan fingerprint density at radius 2 is 1.90 bits per heavy atom. The topological polar surface area (TPSA) is 26.3 Å². The van der Waals surface area contributed by atoms with Crippen molar-refractivity contribution in [3.8, 4) is 0 Å². The Kier molecular flexibility index (Phi) is 3.94. The van der Waals surface area contributed by atoms with Crippen LogP contribution in [0.5, 0.6) is 0 Å². The van der Waals surface area contributed by atoms with E-state index in [-0.39, 0.29) is 16.8 Å². The second-order valence-corrected chi connectivity index (χ2v) is 6.22. The van der Waals surface area contributed by atoms with Crippen molar-refractivity contribution in [1.82, 2.24) is 0 Å². The summed E-state index contributed by atoms with van der Waals surface area (Å²) in [5.41, 5.74) is 2.30. The van der Waals surface area contributed by atoms with Crippen LogP contribution in [0.3, 0.4) is 0 Å². The summed E-state index contributed by atoms with van der Waals surface area (Å²) in [7, 11) is -1.40. The maximum absolute atomic E-state index is 13.7. The summed E-state index contributed by atoms with van der Waals surface area (Å²) in [6.45, 7) is 0.621. The van der Waals surface area contributed by atoms with Crippen LogP contribution in [-0.4, -0.2) is 16.6 Å². The molecular weight excluding hydrogens is 275 g/mol. The van der Waals surface area contributed by atoms with Crippen LogP contribution < -0.4 is 0 Å². The first-order valence-electron chi connectivity index (χ1n) is 6.58. The van der Waals surface area contributed by atoms with Gasteiger partial charge in [0, 0.05) is 0 Å². The fraction of sp³-hybridized carbons (Fsp3) is 0.250. The van der Waals surface area contributed by atoms with Crippen LogP contribution in [0.4, 0.5) is 4.39 Å². The third kappa shape index (κ3) is 2.67. The Morgan fingerprint density at radius 1 is 1.15 bits per heavy atom. The number of hydrogen-bond acceptors (Lipinski definition) is 2. The highest BCUT2D eigenvalue weighted by Crippen LogP contribution is 2.29. The van der Waals surface area contributed by atoms with Crippen LogP contribution in [-0.2, 0) is 22.0 Å². The van der Waals surface area contributed by atoms with Gasteiger partial charge in [0.1, 0.15) is 5.82 Å². The van der Waals surface area contributed by atoms with Crippen LogP contribution in [0, 0.1) is 5.82 Å². The highest BCUT2D eigenvalue weighted by molar-refractivity contribution is 7.85. The highest BCUT2D eigenvalue weighted by Gasteiger charge is 2.23. The molecular formula is C16H15FO2S. The van der Waals surface area contributed by atoms with Gasteiger partial charge in [-0.05, 0) is 29.7 Å². The van der Waals surface area contributed by atoms with E-state index in [1.54, 1.807) is 18.2 Å². The van der Waals surface area contributed by atoms with Crippen molar-refractivity contribution in [2.24, 2.45) is 0 Å². The lowest BCUT2D eigenvalue weighted by atomic mass is 9.99. The maximum atomic E-state index is 13.7. The zero-order valence-corrected chi connectivity index (χ0v) is 11.7. The van der Waals surface area contributed by atoms with Crippen molar-refractivity contribution in [2.45, 2.75) is 17.4 Å². The van der Waals surface area contributed by atoms with E-state index >= 15 is 0 Å². The molecule has 1 aliphatic rings. The summed E-state index contributed by atoms with van der Waals surface area (Å²) >= 11 is 0. The smallest absolute Gasteiger partial charge is 0.139 e. The second-order valence-electron chi connectivity index (χ2n) is 4.75. The van der Waals surface area contributed by atoms with Crippen molar-refractivity contribution in [3.05, 3.63) is 65.5 Å². The molecule has 3 rings (SSSR count). The molecule has 0 amide bonds. The van der Waals surface area contributed by atoms with Crippen molar-refractivity contribution in [2.75, 3.05) is 12.4 Å². The quantitative estimate of drug-likeness (QED) is 0.867. The predicted octanol–water partition coefficient (Wildman–Crippen LogP) is 3.25. The first kappa shape index (κ1) is 13.5. The fourth-order valence-electron chi connectivity index (χ4n) is 2.47. The Morgan fingerprint density at radius 3 is 2.75 bits per heavy atom. The van der Waals surface area contributed by atoms with Crippen LogP contribution in [0.25, 0.3) is 0 Å². The molecule has 2 atom stereocenters. The van der Waals surface area contributed by atoms with E-state index in [0.29, 0.717) is 6.61 Å². The number of ether oxygens (including phenoxy) is 1. The number of hydrogen-bond donors (Lipinski definition) is 0. The van der Waals surface area contributed by atoms with Gasteiger partial charge in [-0.25, -0.2) is 4.39 Å². The number of halogens is 1. The molecule has 0 N–H and O–H groups in total. The lowest BCUT2D eigenvalue weighted by Crippen LogP contribution is -2.21. The normalized spacial score (nSPS) is 19.4. The Hall–Kier alpha value is -1.52. The van der Waals surface area contributed by atoms with Gasteiger partial charge in [0.05, 0.1) is 34.2 Å². The minimum atomic E-state index is -1.40. The lowest BCUT2D eigenvalue weighted by Gasteiger charge is -2.25. The molecule has 2 unspecified atom stereocenters. The van der Waals surface area contributed by atoms with Gasteiger partial charge in [-0.1, -0.05) is 36.4 Å². The first-order valence-corrected chi connectivity index (χ1v) is 7.90. The van der Waals surface area contributed by atoms with E-state index in [1.165, 1.54) is 11.6 Å². The van der Waals surface area contributed by atoms with Crippen molar-refractivity contribution >= 4 is 10.8 Å². The summed E-state index contributed by atoms with van der Waals surface area (Å²) < 4.78 is 31.7. The number of fused-ring (bicyclic) bond motifs is 1. The molecule has 0 spiro atoms. The van der Waals surface area contributed by atoms with Gasteiger partial charge in [0.25, 0.3) is 0 Å². The molecule has 1 heterocycles. The monoisotopic (exact) mass is 290 g/mol. The molecule has 0 bridgehead atoms. The van der Waals surface area contributed by atoms with Gasteiger partial charge in [0.2, 0.25) is 0 Å². The molecule has 20 heavy (non-hydrogen) atoms. The number of benzene rings is 2. The summed E-state index contributed by atoms with van der Waals surface area (Å²) in [6.07, 6.45) is 0.652.